The van der Waals surface area contributed by atoms with E-state index in [4.69, 9.17) is 18.9 Å². The van der Waals surface area contributed by atoms with Crippen LogP contribution in [0.2, 0.25) is 0 Å². The van der Waals surface area contributed by atoms with Gasteiger partial charge < -0.3 is 18.9 Å². The Morgan fingerprint density at radius 1 is 1.09 bits per heavy atom. The van der Waals surface area contributed by atoms with Crippen LogP contribution in [0.3, 0.4) is 0 Å². The fraction of sp³-hybridized carbons (Fsp3) is 0.594. The number of anilines is 1. The highest BCUT2D eigenvalue weighted by molar-refractivity contribution is 7.92. The number of carbonyl (C=O) groups is 1. The monoisotopic (exact) mass is 617 g/mol. The topological polar surface area (TPSA) is 117 Å². The number of benzene rings is 1. The van der Waals surface area contributed by atoms with Crippen molar-refractivity contribution in [1.82, 2.24) is 9.97 Å². The van der Waals surface area contributed by atoms with E-state index >= 15 is 0 Å². The number of esters is 1. The highest BCUT2D eigenvalue weighted by atomic mass is 32.2. The molecule has 2 heterocycles. The van der Waals surface area contributed by atoms with E-state index in [1.165, 1.54) is 7.05 Å². The van der Waals surface area contributed by atoms with Crippen molar-refractivity contribution in [1.29, 1.82) is 0 Å². The lowest BCUT2D eigenvalue weighted by atomic mass is 10.0. The van der Waals surface area contributed by atoms with E-state index in [1.54, 1.807) is 0 Å². The molecular weight excluding hydrogens is 570 g/mol. The molecule has 43 heavy (non-hydrogen) atoms. The van der Waals surface area contributed by atoms with Gasteiger partial charge in [-0.3, -0.25) is 4.79 Å². The van der Waals surface area contributed by atoms with Gasteiger partial charge in [-0.1, -0.05) is 45.9 Å². The molecule has 2 atom stereocenters. The van der Waals surface area contributed by atoms with Crippen molar-refractivity contribution in [3.63, 3.8) is 0 Å². The van der Waals surface area contributed by atoms with Crippen LogP contribution in [0.4, 0.5) is 5.95 Å². The molecular formula is C32H47N3O7S. The molecule has 1 saturated heterocycles. The second kappa shape index (κ2) is 13.3. The van der Waals surface area contributed by atoms with Gasteiger partial charge in [0.15, 0.2) is 5.79 Å². The van der Waals surface area contributed by atoms with E-state index in [1.807, 2.05) is 84.9 Å². The molecule has 0 aliphatic carbocycles. The zero-order chi connectivity index (χ0) is 32.3. The summed E-state index contributed by atoms with van der Waals surface area (Å²) < 4.78 is 49.8. The van der Waals surface area contributed by atoms with Crippen LogP contribution < -0.4 is 9.04 Å². The van der Waals surface area contributed by atoms with E-state index in [0.29, 0.717) is 29.3 Å². The molecule has 3 rings (SSSR count). The number of rotatable bonds is 10. The van der Waals surface area contributed by atoms with Crippen molar-refractivity contribution in [3.05, 3.63) is 47.2 Å². The minimum atomic E-state index is -3.62. The first-order chi connectivity index (χ1) is 19.7. The first-order valence-corrected chi connectivity index (χ1v) is 16.5. The summed E-state index contributed by atoms with van der Waals surface area (Å²) in [5, 5.41) is 0. The number of aromatic nitrogens is 2. The molecule has 2 aromatic rings. The summed E-state index contributed by atoms with van der Waals surface area (Å²) in [6.07, 6.45) is 4.55. The number of sulfonamides is 1. The van der Waals surface area contributed by atoms with Crippen LogP contribution in [0.1, 0.15) is 104 Å². The Kier molecular flexibility index (Phi) is 10.7. The van der Waals surface area contributed by atoms with E-state index in [-0.39, 0.29) is 30.1 Å². The van der Waals surface area contributed by atoms with Crippen LogP contribution in [0.15, 0.2) is 30.3 Å². The second-order valence-electron chi connectivity index (χ2n) is 13.0. The number of hydrogen-bond acceptors (Lipinski definition) is 9. The van der Waals surface area contributed by atoms with Gasteiger partial charge in [0.25, 0.3) is 0 Å². The van der Waals surface area contributed by atoms with Crippen LogP contribution >= 0.6 is 0 Å². The fourth-order valence-corrected chi connectivity index (χ4v) is 4.99. The SMILES string of the molecule is CC(C)c1ccc(Oc2nc(N(C)S(C)(=O)=O)nc(C(C)C)c2/C=C/[C@@H]2C[C@H](CC(=O)OC(C)(C)C)OC(C)(C)O2)cc1. The first-order valence-electron chi connectivity index (χ1n) is 14.6. The first kappa shape index (κ1) is 34.5. The number of ether oxygens (including phenoxy) is 4. The molecule has 1 aliphatic heterocycles. The Labute approximate surface area is 256 Å². The summed E-state index contributed by atoms with van der Waals surface area (Å²) >= 11 is 0. The van der Waals surface area contributed by atoms with Crippen LogP contribution in [0.5, 0.6) is 11.6 Å². The largest absolute Gasteiger partial charge is 0.460 e. The highest BCUT2D eigenvalue weighted by Crippen LogP contribution is 2.35. The fourth-order valence-electron chi connectivity index (χ4n) is 4.61. The molecule has 1 aliphatic rings. The van der Waals surface area contributed by atoms with Crippen molar-refractivity contribution < 1.29 is 32.2 Å². The summed E-state index contributed by atoms with van der Waals surface area (Å²) in [5.41, 5.74) is 1.79. The average Bonchev–Trinajstić information content (AvgIpc) is 2.84. The van der Waals surface area contributed by atoms with Crippen molar-refractivity contribution in [2.75, 3.05) is 17.6 Å². The Hall–Kier alpha value is -3.02. The highest BCUT2D eigenvalue weighted by Gasteiger charge is 2.36. The van der Waals surface area contributed by atoms with Crippen molar-refractivity contribution in [2.24, 2.45) is 0 Å². The van der Waals surface area contributed by atoms with Crippen molar-refractivity contribution in [3.8, 4) is 11.6 Å². The van der Waals surface area contributed by atoms with E-state index in [0.717, 1.165) is 16.1 Å². The molecule has 0 amide bonds. The van der Waals surface area contributed by atoms with E-state index in [9.17, 15) is 13.2 Å². The molecule has 1 aromatic carbocycles. The van der Waals surface area contributed by atoms with Gasteiger partial charge in [-0.2, -0.15) is 4.98 Å². The third kappa shape index (κ3) is 10.0. The van der Waals surface area contributed by atoms with Gasteiger partial charge in [0.05, 0.1) is 36.1 Å². The zero-order valence-corrected chi connectivity index (χ0v) is 28.1. The van der Waals surface area contributed by atoms with Gasteiger partial charge in [0.2, 0.25) is 21.9 Å². The Balaban J connectivity index is 2.02. The van der Waals surface area contributed by atoms with E-state index in [2.05, 4.69) is 23.8 Å². The lowest BCUT2D eigenvalue weighted by Crippen LogP contribution is -2.45. The molecule has 0 radical (unpaired) electrons. The van der Waals surface area contributed by atoms with Gasteiger partial charge in [0, 0.05) is 13.5 Å². The lowest BCUT2D eigenvalue weighted by molar-refractivity contribution is -0.290. The van der Waals surface area contributed by atoms with Crippen LogP contribution in [-0.4, -0.2) is 61.3 Å². The maximum Gasteiger partial charge on any atom is 0.308 e. The Morgan fingerprint density at radius 3 is 2.26 bits per heavy atom. The molecule has 0 unspecified atom stereocenters. The predicted octanol–water partition coefficient (Wildman–Crippen LogP) is 6.57. The lowest BCUT2D eigenvalue weighted by Gasteiger charge is -2.39. The van der Waals surface area contributed by atoms with E-state index < -0.39 is 33.6 Å². The predicted molar refractivity (Wildman–Crippen MR) is 168 cm³/mol. The Bertz CT molecular complexity index is 1410. The molecule has 11 heteroatoms. The van der Waals surface area contributed by atoms with Crippen LogP contribution in [-0.2, 0) is 29.0 Å². The second-order valence-corrected chi connectivity index (χ2v) is 15.0. The summed E-state index contributed by atoms with van der Waals surface area (Å²) in [7, 11) is -2.21. The van der Waals surface area contributed by atoms with Crippen LogP contribution in [0, 0.1) is 0 Å². The third-order valence-electron chi connectivity index (χ3n) is 6.69. The smallest absolute Gasteiger partial charge is 0.308 e. The number of hydrogen-bond donors (Lipinski definition) is 0. The quantitative estimate of drug-likeness (QED) is 0.273. The summed E-state index contributed by atoms with van der Waals surface area (Å²) in [6, 6.07) is 7.72. The average molecular weight is 618 g/mol. The molecule has 0 spiro atoms. The Morgan fingerprint density at radius 2 is 1.72 bits per heavy atom. The third-order valence-corrected chi connectivity index (χ3v) is 7.85. The van der Waals surface area contributed by atoms with Gasteiger partial charge in [-0.25, -0.2) is 17.7 Å². The molecule has 0 bridgehead atoms. The van der Waals surface area contributed by atoms with Gasteiger partial charge >= 0.3 is 5.97 Å². The summed E-state index contributed by atoms with van der Waals surface area (Å²) in [4.78, 5) is 21.7. The minimum Gasteiger partial charge on any atom is -0.460 e. The normalized spacial score (nSPS) is 19.2. The van der Waals surface area contributed by atoms with Crippen molar-refractivity contribution in [2.45, 2.75) is 111 Å². The van der Waals surface area contributed by atoms with Crippen LogP contribution in [0.25, 0.3) is 6.08 Å². The molecule has 0 N–H and O–H groups in total. The van der Waals surface area contributed by atoms with Gasteiger partial charge in [0.1, 0.15) is 11.4 Å². The molecule has 10 nitrogen and oxygen atoms in total. The standard InChI is InChI=1S/C32H47N3O7S/c1-20(2)22-12-14-23(15-13-22)39-29-26(28(21(3)4)33-30(34-29)35(10)43(11,37)38)17-16-24-18-25(41-32(8,9)40-24)19-27(36)42-31(5,6)7/h12-17,20-21,24-25H,18-19H2,1-11H3/b17-16+/t24-,25-/m1/s1. The molecule has 1 fully saturated rings. The van der Waals surface area contributed by atoms with Gasteiger partial charge in [-0.05, 0) is 70.2 Å². The molecule has 1 aromatic heterocycles. The minimum absolute atomic E-state index is 0.0121. The summed E-state index contributed by atoms with van der Waals surface area (Å²) in [6.45, 7) is 17.3. The van der Waals surface area contributed by atoms with Crippen molar-refractivity contribution >= 4 is 28.0 Å². The number of nitrogens with zero attached hydrogens (tertiary/aromatic N) is 3. The zero-order valence-electron chi connectivity index (χ0n) is 27.3. The molecule has 0 saturated carbocycles. The molecule has 238 valence electrons. The maximum atomic E-state index is 12.5. The number of carbonyl (C=O) groups excluding carboxylic acids is 1. The van der Waals surface area contributed by atoms with Gasteiger partial charge in [-0.15, -0.1) is 0 Å². The maximum absolute atomic E-state index is 12.5. The summed E-state index contributed by atoms with van der Waals surface area (Å²) in [5.74, 6) is -0.215.